The summed E-state index contributed by atoms with van der Waals surface area (Å²) in [6.07, 6.45) is -0.657. The van der Waals surface area contributed by atoms with Gasteiger partial charge in [-0.15, -0.1) is 0 Å². The van der Waals surface area contributed by atoms with E-state index in [1.54, 1.807) is 14.0 Å². The Morgan fingerprint density at radius 1 is 1.05 bits per heavy atom. The molecule has 100 valence electrons. The lowest BCUT2D eigenvalue weighted by molar-refractivity contribution is 0.190. The van der Waals surface area contributed by atoms with Gasteiger partial charge in [0.25, 0.3) is 0 Å². The Morgan fingerprint density at radius 2 is 1.74 bits per heavy atom. The molecule has 19 heavy (non-hydrogen) atoms. The Morgan fingerprint density at radius 3 is 2.37 bits per heavy atom. The molecule has 0 amide bonds. The predicted molar refractivity (Wildman–Crippen MR) is 74.9 cm³/mol. The molecule has 3 heteroatoms. The highest BCUT2D eigenvalue weighted by Crippen LogP contribution is 2.36. The van der Waals surface area contributed by atoms with E-state index >= 15 is 0 Å². The summed E-state index contributed by atoms with van der Waals surface area (Å²) >= 11 is 0. The van der Waals surface area contributed by atoms with Crippen molar-refractivity contribution in [1.29, 1.82) is 0 Å². The summed E-state index contributed by atoms with van der Waals surface area (Å²) in [5.41, 5.74) is 1.78. The standard InChI is InChI=1S/C16H18O3/c1-11-6-4-7-13(10-11)19-15-9-5-8-14(18-3)16(15)12(2)17/h4-10,12,17H,1-3H3. The Hall–Kier alpha value is -2.00. The number of methoxy groups -OCH3 is 1. The van der Waals surface area contributed by atoms with E-state index in [0.717, 1.165) is 11.3 Å². The average molecular weight is 258 g/mol. The van der Waals surface area contributed by atoms with Gasteiger partial charge >= 0.3 is 0 Å². The summed E-state index contributed by atoms with van der Waals surface area (Å²) < 4.78 is 11.1. The largest absolute Gasteiger partial charge is 0.496 e. The number of aliphatic hydroxyl groups is 1. The first-order valence-corrected chi connectivity index (χ1v) is 6.21. The van der Waals surface area contributed by atoms with Crippen LogP contribution >= 0.6 is 0 Å². The molecule has 2 aromatic rings. The van der Waals surface area contributed by atoms with Gasteiger partial charge in [0, 0.05) is 0 Å². The predicted octanol–water partition coefficient (Wildman–Crippen LogP) is 3.85. The lowest BCUT2D eigenvalue weighted by Crippen LogP contribution is -2.00. The number of hydrogen-bond donors (Lipinski definition) is 1. The third kappa shape index (κ3) is 3.06. The minimum Gasteiger partial charge on any atom is -0.496 e. The molecule has 0 bridgehead atoms. The molecule has 1 atom stereocenters. The monoisotopic (exact) mass is 258 g/mol. The van der Waals surface area contributed by atoms with Gasteiger partial charge in [-0.3, -0.25) is 0 Å². The molecule has 0 aromatic heterocycles. The molecule has 0 fully saturated rings. The Labute approximate surface area is 113 Å². The highest BCUT2D eigenvalue weighted by atomic mass is 16.5. The lowest BCUT2D eigenvalue weighted by Gasteiger charge is -2.16. The second-order valence-corrected chi connectivity index (χ2v) is 4.47. The average Bonchev–Trinajstić information content (AvgIpc) is 2.38. The van der Waals surface area contributed by atoms with Gasteiger partial charge in [0.2, 0.25) is 0 Å². The summed E-state index contributed by atoms with van der Waals surface area (Å²) in [5, 5.41) is 9.89. The van der Waals surface area contributed by atoms with Crippen molar-refractivity contribution in [3.8, 4) is 17.2 Å². The van der Waals surface area contributed by atoms with Crippen molar-refractivity contribution in [3.63, 3.8) is 0 Å². The van der Waals surface area contributed by atoms with Crippen molar-refractivity contribution in [2.45, 2.75) is 20.0 Å². The van der Waals surface area contributed by atoms with E-state index in [4.69, 9.17) is 9.47 Å². The molecule has 0 aliphatic rings. The lowest BCUT2D eigenvalue weighted by atomic mass is 10.1. The van der Waals surface area contributed by atoms with E-state index in [1.807, 2.05) is 49.4 Å². The first-order chi connectivity index (χ1) is 9.11. The zero-order chi connectivity index (χ0) is 13.8. The molecule has 0 saturated carbocycles. The Kier molecular flexibility index (Phi) is 4.07. The molecule has 0 saturated heterocycles. The minimum absolute atomic E-state index is 0.611. The number of rotatable bonds is 4. The topological polar surface area (TPSA) is 38.7 Å². The van der Waals surface area contributed by atoms with Crippen molar-refractivity contribution in [1.82, 2.24) is 0 Å². The number of aliphatic hydroxyl groups excluding tert-OH is 1. The van der Waals surface area contributed by atoms with Crippen LogP contribution in [0, 0.1) is 6.92 Å². The van der Waals surface area contributed by atoms with E-state index in [1.165, 1.54) is 0 Å². The van der Waals surface area contributed by atoms with Crippen molar-refractivity contribution < 1.29 is 14.6 Å². The molecule has 2 aromatic carbocycles. The smallest absolute Gasteiger partial charge is 0.136 e. The van der Waals surface area contributed by atoms with Crippen LogP contribution in [0.4, 0.5) is 0 Å². The van der Waals surface area contributed by atoms with Gasteiger partial charge < -0.3 is 14.6 Å². The minimum atomic E-state index is -0.657. The number of ether oxygens (including phenoxy) is 2. The van der Waals surface area contributed by atoms with Crippen LogP contribution in [-0.2, 0) is 0 Å². The Bertz CT molecular complexity index is 562. The molecule has 1 N–H and O–H groups in total. The van der Waals surface area contributed by atoms with E-state index in [9.17, 15) is 5.11 Å². The van der Waals surface area contributed by atoms with Crippen molar-refractivity contribution in [2.24, 2.45) is 0 Å². The summed E-state index contributed by atoms with van der Waals surface area (Å²) in [6, 6.07) is 13.3. The van der Waals surface area contributed by atoms with Crippen LogP contribution in [0.25, 0.3) is 0 Å². The molecule has 0 spiro atoms. The maximum atomic E-state index is 9.89. The molecule has 3 nitrogen and oxygen atoms in total. The van der Waals surface area contributed by atoms with Gasteiger partial charge in [-0.1, -0.05) is 18.2 Å². The fraction of sp³-hybridized carbons (Fsp3) is 0.250. The summed E-state index contributed by atoms with van der Waals surface area (Å²) in [6.45, 7) is 3.70. The van der Waals surface area contributed by atoms with Crippen LogP contribution in [0.15, 0.2) is 42.5 Å². The van der Waals surface area contributed by atoms with E-state index in [2.05, 4.69) is 0 Å². The van der Waals surface area contributed by atoms with Crippen LogP contribution in [0.5, 0.6) is 17.2 Å². The van der Waals surface area contributed by atoms with Crippen molar-refractivity contribution in [3.05, 3.63) is 53.6 Å². The van der Waals surface area contributed by atoms with Gasteiger partial charge in [0.1, 0.15) is 17.2 Å². The van der Waals surface area contributed by atoms with Gasteiger partial charge in [-0.25, -0.2) is 0 Å². The van der Waals surface area contributed by atoms with Gasteiger partial charge in [0.05, 0.1) is 18.8 Å². The van der Waals surface area contributed by atoms with Gasteiger partial charge in [0.15, 0.2) is 0 Å². The van der Waals surface area contributed by atoms with E-state index in [-0.39, 0.29) is 0 Å². The van der Waals surface area contributed by atoms with Crippen molar-refractivity contribution in [2.75, 3.05) is 7.11 Å². The summed E-state index contributed by atoms with van der Waals surface area (Å²) in [5.74, 6) is 1.98. The van der Waals surface area contributed by atoms with Crippen LogP contribution < -0.4 is 9.47 Å². The maximum absolute atomic E-state index is 9.89. The molecule has 0 aliphatic carbocycles. The highest BCUT2D eigenvalue weighted by molar-refractivity contribution is 5.48. The first kappa shape index (κ1) is 13.4. The third-order valence-corrected chi connectivity index (χ3v) is 2.88. The van der Waals surface area contributed by atoms with Crippen molar-refractivity contribution >= 4 is 0 Å². The fourth-order valence-corrected chi connectivity index (χ4v) is 2.01. The zero-order valence-corrected chi connectivity index (χ0v) is 11.4. The normalized spacial score (nSPS) is 12.0. The van der Waals surface area contributed by atoms with Crippen LogP contribution in [0.1, 0.15) is 24.2 Å². The fourth-order valence-electron chi connectivity index (χ4n) is 2.01. The molecular formula is C16H18O3. The highest BCUT2D eigenvalue weighted by Gasteiger charge is 2.15. The second-order valence-electron chi connectivity index (χ2n) is 4.47. The SMILES string of the molecule is COc1cccc(Oc2cccc(C)c2)c1C(C)O. The number of hydrogen-bond acceptors (Lipinski definition) is 3. The third-order valence-electron chi connectivity index (χ3n) is 2.88. The molecule has 2 rings (SSSR count). The van der Waals surface area contributed by atoms with Gasteiger partial charge in [-0.2, -0.15) is 0 Å². The molecule has 0 aliphatic heterocycles. The zero-order valence-electron chi connectivity index (χ0n) is 11.4. The van der Waals surface area contributed by atoms with E-state index in [0.29, 0.717) is 17.1 Å². The van der Waals surface area contributed by atoms with Crippen LogP contribution in [0.3, 0.4) is 0 Å². The summed E-state index contributed by atoms with van der Waals surface area (Å²) in [4.78, 5) is 0. The molecule has 1 unspecified atom stereocenters. The molecule has 0 heterocycles. The number of aryl methyl sites for hydroxylation is 1. The quantitative estimate of drug-likeness (QED) is 0.905. The van der Waals surface area contributed by atoms with Crippen LogP contribution in [0.2, 0.25) is 0 Å². The summed E-state index contributed by atoms with van der Waals surface area (Å²) in [7, 11) is 1.58. The van der Waals surface area contributed by atoms with Crippen LogP contribution in [-0.4, -0.2) is 12.2 Å². The van der Waals surface area contributed by atoms with E-state index < -0.39 is 6.10 Å². The Balaban J connectivity index is 2.39. The maximum Gasteiger partial charge on any atom is 0.136 e. The van der Waals surface area contributed by atoms with Gasteiger partial charge in [-0.05, 0) is 43.7 Å². The number of benzene rings is 2. The first-order valence-electron chi connectivity index (χ1n) is 6.21. The second kappa shape index (κ2) is 5.76. The molecule has 0 radical (unpaired) electrons. The molecular weight excluding hydrogens is 240 g/mol.